The van der Waals surface area contributed by atoms with Crippen molar-refractivity contribution in [1.29, 1.82) is 0 Å². The largest absolute Gasteiger partial charge is 0.359 e. The Bertz CT molecular complexity index is 456. The fourth-order valence-corrected chi connectivity index (χ4v) is 2.92. The fourth-order valence-electron chi connectivity index (χ4n) is 1.49. The van der Waals surface area contributed by atoms with Crippen molar-refractivity contribution in [3.63, 3.8) is 0 Å². The van der Waals surface area contributed by atoms with Crippen LogP contribution in [0.25, 0.3) is 0 Å². The number of aromatic nitrogens is 2. The number of rotatable bonds is 7. The maximum Gasteiger partial charge on any atom is 0.202 e. The summed E-state index contributed by atoms with van der Waals surface area (Å²) < 4.78 is 4.30. The lowest BCUT2D eigenvalue weighted by molar-refractivity contribution is 0.861. The third-order valence-corrected chi connectivity index (χ3v) is 4.06. The molecule has 0 bridgehead atoms. The van der Waals surface area contributed by atoms with Gasteiger partial charge in [0.25, 0.3) is 0 Å². The summed E-state index contributed by atoms with van der Waals surface area (Å²) in [5, 5.41) is 4.25. The summed E-state index contributed by atoms with van der Waals surface area (Å²) in [6.45, 7) is 3.06. The van der Waals surface area contributed by atoms with Gasteiger partial charge in [0, 0.05) is 35.1 Å². The highest BCUT2D eigenvalue weighted by Crippen LogP contribution is 2.17. The van der Waals surface area contributed by atoms with E-state index in [1.807, 2.05) is 17.8 Å². The van der Waals surface area contributed by atoms with E-state index >= 15 is 0 Å². The molecule has 2 rings (SSSR count). The topological polar surface area (TPSA) is 37.8 Å². The minimum absolute atomic E-state index is 0.917. The van der Waals surface area contributed by atoms with Crippen LogP contribution in [0.1, 0.15) is 19.2 Å². The van der Waals surface area contributed by atoms with E-state index in [0.29, 0.717) is 0 Å². The second-order valence-electron chi connectivity index (χ2n) is 3.85. The van der Waals surface area contributed by atoms with Crippen LogP contribution in [0, 0.1) is 0 Å². The smallest absolute Gasteiger partial charge is 0.202 e. The molecule has 0 amide bonds. The van der Waals surface area contributed by atoms with Crippen LogP contribution in [-0.2, 0) is 6.42 Å². The molecule has 0 aliphatic carbocycles. The molecule has 1 aromatic carbocycles. The van der Waals surface area contributed by atoms with Gasteiger partial charge in [-0.1, -0.05) is 25.1 Å². The molecule has 0 atom stereocenters. The molecule has 0 aliphatic heterocycles. The number of aryl methyl sites for hydroxylation is 1. The molecule has 0 saturated carbocycles. The zero-order chi connectivity index (χ0) is 12.6. The fraction of sp³-hybridized carbons (Fsp3) is 0.385. The Morgan fingerprint density at radius 1 is 1.28 bits per heavy atom. The van der Waals surface area contributed by atoms with Gasteiger partial charge in [-0.3, -0.25) is 0 Å². The van der Waals surface area contributed by atoms with Crippen LogP contribution in [0.15, 0.2) is 35.2 Å². The quantitative estimate of drug-likeness (QED) is 0.619. The highest BCUT2D eigenvalue weighted by atomic mass is 32.2. The highest BCUT2D eigenvalue weighted by molar-refractivity contribution is 7.99. The van der Waals surface area contributed by atoms with E-state index in [4.69, 9.17) is 0 Å². The number of anilines is 1. The standard InChI is InChI=1S/C13H17N3S2/c1-2-6-12-15-13(18-16-12)14-9-10-17-11-7-4-3-5-8-11/h3-5,7-8H,2,6,9-10H2,1H3,(H,14,15,16). The Balaban J connectivity index is 1.68. The zero-order valence-corrected chi connectivity index (χ0v) is 12.1. The average Bonchev–Trinajstić information content (AvgIpc) is 2.84. The van der Waals surface area contributed by atoms with E-state index in [-0.39, 0.29) is 0 Å². The second-order valence-corrected chi connectivity index (χ2v) is 5.77. The molecule has 1 heterocycles. The minimum Gasteiger partial charge on any atom is -0.359 e. The van der Waals surface area contributed by atoms with Crippen LogP contribution >= 0.6 is 23.3 Å². The molecular formula is C13H17N3S2. The van der Waals surface area contributed by atoms with Gasteiger partial charge in [-0.05, 0) is 18.6 Å². The normalized spacial score (nSPS) is 10.5. The van der Waals surface area contributed by atoms with Crippen molar-refractivity contribution in [2.45, 2.75) is 24.7 Å². The Morgan fingerprint density at radius 3 is 2.89 bits per heavy atom. The molecule has 1 aromatic heterocycles. The molecule has 18 heavy (non-hydrogen) atoms. The Labute approximate surface area is 116 Å². The van der Waals surface area contributed by atoms with Crippen LogP contribution in [0.5, 0.6) is 0 Å². The van der Waals surface area contributed by atoms with Gasteiger partial charge in [0.15, 0.2) is 0 Å². The minimum atomic E-state index is 0.917. The van der Waals surface area contributed by atoms with E-state index in [2.05, 4.69) is 45.9 Å². The van der Waals surface area contributed by atoms with Crippen LogP contribution in [-0.4, -0.2) is 21.7 Å². The lowest BCUT2D eigenvalue weighted by atomic mass is 10.3. The Hall–Kier alpha value is -1.07. The first-order valence-electron chi connectivity index (χ1n) is 6.13. The van der Waals surface area contributed by atoms with Gasteiger partial charge < -0.3 is 5.32 Å². The number of nitrogens with one attached hydrogen (secondary N) is 1. The van der Waals surface area contributed by atoms with E-state index in [1.54, 1.807) is 0 Å². The van der Waals surface area contributed by atoms with E-state index in [9.17, 15) is 0 Å². The van der Waals surface area contributed by atoms with Crippen molar-refractivity contribution in [3.05, 3.63) is 36.2 Å². The van der Waals surface area contributed by atoms with Crippen LogP contribution in [0.4, 0.5) is 5.13 Å². The van der Waals surface area contributed by atoms with Crippen molar-refractivity contribution >= 4 is 28.4 Å². The first kappa shape index (κ1) is 13.4. The lowest BCUT2D eigenvalue weighted by Gasteiger charge is -2.02. The average molecular weight is 279 g/mol. The third kappa shape index (κ3) is 4.31. The molecule has 0 spiro atoms. The summed E-state index contributed by atoms with van der Waals surface area (Å²) in [6.07, 6.45) is 2.07. The van der Waals surface area contributed by atoms with Crippen LogP contribution < -0.4 is 5.32 Å². The van der Waals surface area contributed by atoms with E-state index in [0.717, 1.165) is 36.1 Å². The SMILES string of the molecule is CCCc1nsc(NCCSc2ccccc2)n1. The molecule has 0 saturated heterocycles. The van der Waals surface area contributed by atoms with Crippen molar-refractivity contribution < 1.29 is 0 Å². The van der Waals surface area contributed by atoms with Gasteiger partial charge >= 0.3 is 0 Å². The maximum absolute atomic E-state index is 4.43. The second kappa shape index (κ2) is 7.38. The molecule has 0 fully saturated rings. The summed E-state index contributed by atoms with van der Waals surface area (Å²) in [5.74, 6) is 1.99. The monoisotopic (exact) mass is 279 g/mol. The molecule has 2 aromatic rings. The van der Waals surface area contributed by atoms with Gasteiger partial charge in [0.05, 0.1) is 0 Å². The van der Waals surface area contributed by atoms with Gasteiger partial charge in [0.1, 0.15) is 5.82 Å². The van der Waals surface area contributed by atoms with Crippen molar-refractivity contribution in [2.75, 3.05) is 17.6 Å². The van der Waals surface area contributed by atoms with Gasteiger partial charge in [0.2, 0.25) is 5.13 Å². The number of hydrogen-bond donors (Lipinski definition) is 1. The van der Waals surface area contributed by atoms with Crippen LogP contribution in [0.2, 0.25) is 0 Å². The first-order valence-corrected chi connectivity index (χ1v) is 7.88. The highest BCUT2D eigenvalue weighted by Gasteiger charge is 2.02. The van der Waals surface area contributed by atoms with E-state index < -0.39 is 0 Å². The lowest BCUT2D eigenvalue weighted by Crippen LogP contribution is -2.03. The molecule has 3 nitrogen and oxygen atoms in total. The Morgan fingerprint density at radius 2 is 2.11 bits per heavy atom. The predicted molar refractivity (Wildman–Crippen MR) is 79.6 cm³/mol. The third-order valence-electron chi connectivity index (χ3n) is 2.33. The van der Waals surface area contributed by atoms with Gasteiger partial charge in [-0.2, -0.15) is 4.37 Å². The molecule has 1 N–H and O–H groups in total. The number of thioether (sulfide) groups is 1. The molecule has 0 radical (unpaired) electrons. The van der Waals surface area contributed by atoms with Gasteiger partial charge in [-0.25, -0.2) is 4.98 Å². The van der Waals surface area contributed by atoms with Crippen LogP contribution in [0.3, 0.4) is 0 Å². The predicted octanol–water partition coefficient (Wildman–Crippen LogP) is 3.69. The summed E-state index contributed by atoms with van der Waals surface area (Å²) in [6, 6.07) is 10.4. The molecule has 0 unspecified atom stereocenters. The zero-order valence-electron chi connectivity index (χ0n) is 10.4. The first-order chi connectivity index (χ1) is 8.88. The summed E-state index contributed by atoms with van der Waals surface area (Å²) in [4.78, 5) is 5.74. The maximum atomic E-state index is 4.43. The number of benzene rings is 1. The Kier molecular flexibility index (Phi) is 5.48. The molecule has 5 heteroatoms. The summed E-state index contributed by atoms with van der Waals surface area (Å²) >= 11 is 3.30. The number of hydrogen-bond acceptors (Lipinski definition) is 5. The van der Waals surface area contributed by atoms with Crippen molar-refractivity contribution in [2.24, 2.45) is 0 Å². The molecule has 0 aliphatic rings. The molecule has 96 valence electrons. The van der Waals surface area contributed by atoms with Gasteiger partial charge in [-0.15, -0.1) is 11.8 Å². The van der Waals surface area contributed by atoms with Crippen molar-refractivity contribution in [1.82, 2.24) is 9.36 Å². The summed E-state index contributed by atoms with van der Waals surface area (Å²) in [5.41, 5.74) is 0. The molecular weight excluding hydrogens is 262 g/mol. The van der Waals surface area contributed by atoms with E-state index in [1.165, 1.54) is 16.4 Å². The van der Waals surface area contributed by atoms with Crippen molar-refractivity contribution in [3.8, 4) is 0 Å². The summed E-state index contributed by atoms with van der Waals surface area (Å²) in [7, 11) is 0. The number of nitrogens with zero attached hydrogens (tertiary/aromatic N) is 2.